The third kappa shape index (κ3) is 4.27. The first kappa shape index (κ1) is 18.9. The Bertz CT molecular complexity index is 919. The summed E-state index contributed by atoms with van der Waals surface area (Å²) in [5, 5.41) is 10.8. The van der Waals surface area contributed by atoms with E-state index < -0.39 is 0 Å². The number of hydrogen-bond acceptors (Lipinski definition) is 4. The zero-order chi connectivity index (χ0) is 19.2. The number of aromatic amines is 1. The molecule has 6 nitrogen and oxygen atoms in total. The maximum absolute atomic E-state index is 12.2. The van der Waals surface area contributed by atoms with Gasteiger partial charge in [-0.05, 0) is 42.7 Å². The summed E-state index contributed by atoms with van der Waals surface area (Å²) in [4.78, 5) is 17.0. The topological polar surface area (TPSA) is 79.9 Å². The Hall–Kier alpha value is -2.89. The van der Waals surface area contributed by atoms with Gasteiger partial charge in [-0.25, -0.2) is 0 Å². The van der Waals surface area contributed by atoms with Crippen LogP contribution in [0.4, 0.5) is 0 Å². The highest BCUT2D eigenvalue weighted by Crippen LogP contribution is 2.31. The minimum absolute atomic E-state index is 0.0111. The molecule has 0 spiro atoms. The van der Waals surface area contributed by atoms with Crippen LogP contribution in [0.15, 0.2) is 36.4 Å². The number of aromatic nitrogens is 3. The Labute approximate surface area is 159 Å². The number of unbranched alkanes of at least 4 members (excludes halogenated alkanes) is 1. The number of methoxy groups -OCH3 is 1. The summed E-state index contributed by atoms with van der Waals surface area (Å²) >= 11 is 0. The maximum atomic E-state index is 12.2. The summed E-state index contributed by atoms with van der Waals surface area (Å²) in [5.74, 6) is 0.437. The zero-order valence-corrected chi connectivity index (χ0v) is 16.1. The second-order valence-corrected chi connectivity index (χ2v) is 6.63. The molecule has 2 heterocycles. The van der Waals surface area contributed by atoms with Crippen molar-refractivity contribution >= 4 is 16.8 Å². The molecule has 2 N–H and O–H groups in total. The quantitative estimate of drug-likeness (QED) is 0.639. The van der Waals surface area contributed by atoms with Crippen molar-refractivity contribution in [3.05, 3.63) is 53.3 Å². The smallest absolute Gasteiger partial charge is 0.240 e. The number of aryl methyl sites for hydroxylation is 1. The van der Waals surface area contributed by atoms with Gasteiger partial charge in [-0.1, -0.05) is 25.5 Å². The number of benzene rings is 1. The first-order chi connectivity index (χ1) is 13.2. The number of pyridine rings is 1. The highest BCUT2D eigenvalue weighted by Gasteiger charge is 2.21. The van der Waals surface area contributed by atoms with E-state index in [0.717, 1.165) is 47.1 Å². The van der Waals surface area contributed by atoms with Crippen molar-refractivity contribution in [3.8, 4) is 5.88 Å². The number of hydrogen-bond donors (Lipinski definition) is 2. The van der Waals surface area contributed by atoms with Gasteiger partial charge in [0.05, 0.1) is 18.0 Å². The highest BCUT2D eigenvalue weighted by atomic mass is 16.5. The molecule has 2 aromatic heterocycles. The molecule has 0 saturated heterocycles. The summed E-state index contributed by atoms with van der Waals surface area (Å²) in [7, 11) is 3.26. The van der Waals surface area contributed by atoms with Crippen LogP contribution < -0.4 is 10.1 Å². The lowest BCUT2D eigenvalue weighted by Crippen LogP contribution is -2.21. The molecule has 0 aliphatic heterocycles. The molecule has 1 aromatic carbocycles. The highest BCUT2D eigenvalue weighted by molar-refractivity contribution is 5.85. The largest absolute Gasteiger partial charge is 0.480 e. The lowest BCUT2D eigenvalue weighted by atomic mass is 9.90. The Morgan fingerprint density at radius 3 is 2.89 bits per heavy atom. The van der Waals surface area contributed by atoms with Gasteiger partial charge >= 0.3 is 0 Å². The van der Waals surface area contributed by atoms with Crippen LogP contribution in [0.3, 0.4) is 0 Å². The van der Waals surface area contributed by atoms with Gasteiger partial charge in [0.2, 0.25) is 11.8 Å². The van der Waals surface area contributed by atoms with Crippen molar-refractivity contribution in [2.24, 2.45) is 0 Å². The SMILES string of the molecule is CCCCc1cccc(C(CC(=O)NC)c2ccc3c(OC)n[nH]c3c2)n1. The van der Waals surface area contributed by atoms with Gasteiger partial charge in [-0.3, -0.25) is 14.9 Å². The van der Waals surface area contributed by atoms with E-state index in [2.05, 4.69) is 28.5 Å². The number of carbonyl (C=O) groups excluding carboxylic acids is 1. The van der Waals surface area contributed by atoms with Crippen molar-refractivity contribution in [3.63, 3.8) is 0 Å². The van der Waals surface area contributed by atoms with Crippen LogP contribution in [-0.2, 0) is 11.2 Å². The number of ether oxygens (including phenoxy) is 1. The average Bonchev–Trinajstić information content (AvgIpc) is 3.12. The fourth-order valence-corrected chi connectivity index (χ4v) is 3.25. The lowest BCUT2D eigenvalue weighted by Gasteiger charge is -2.17. The van der Waals surface area contributed by atoms with Crippen LogP contribution in [-0.4, -0.2) is 35.2 Å². The van der Waals surface area contributed by atoms with E-state index in [1.54, 1.807) is 14.2 Å². The molecule has 1 amide bonds. The van der Waals surface area contributed by atoms with Crippen molar-refractivity contribution < 1.29 is 9.53 Å². The van der Waals surface area contributed by atoms with Crippen LogP contribution in [0.5, 0.6) is 5.88 Å². The normalized spacial score (nSPS) is 12.1. The molecule has 142 valence electrons. The molecule has 0 radical (unpaired) electrons. The van der Waals surface area contributed by atoms with Crippen molar-refractivity contribution in [1.82, 2.24) is 20.5 Å². The molecule has 1 unspecified atom stereocenters. The van der Waals surface area contributed by atoms with Gasteiger partial charge in [-0.15, -0.1) is 5.10 Å². The maximum Gasteiger partial charge on any atom is 0.240 e. The van der Waals surface area contributed by atoms with E-state index in [1.165, 1.54) is 0 Å². The number of amides is 1. The molecule has 0 saturated carbocycles. The first-order valence-corrected chi connectivity index (χ1v) is 9.34. The Balaban J connectivity index is 1.99. The Kier molecular flexibility index (Phi) is 6.06. The fraction of sp³-hybridized carbons (Fsp3) is 0.381. The van der Waals surface area contributed by atoms with Crippen LogP contribution in [0.1, 0.15) is 49.1 Å². The number of nitrogens with one attached hydrogen (secondary N) is 2. The van der Waals surface area contributed by atoms with Crippen LogP contribution >= 0.6 is 0 Å². The summed E-state index contributed by atoms with van der Waals surface area (Å²) in [6, 6.07) is 12.1. The Morgan fingerprint density at radius 1 is 1.30 bits per heavy atom. The molecular weight excluding hydrogens is 340 g/mol. The molecule has 0 bridgehead atoms. The minimum atomic E-state index is -0.120. The molecule has 6 heteroatoms. The van der Waals surface area contributed by atoms with E-state index in [-0.39, 0.29) is 11.8 Å². The molecule has 0 fully saturated rings. The molecular formula is C21H26N4O2. The summed E-state index contributed by atoms with van der Waals surface area (Å²) < 4.78 is 5.27. The predicted molar refractivity (Wildman–Crippen MR) is 106 cm³/mol. The van der Waals surface area contributed by atoms with Crippen LogP contribution in [0.2, 0.25) is 0 Å². The van der Waals surface area contributed by atoms with Gasteiger partial charge in [0.15, 0.2) is 0 Å². The standard InChI is InChI=1S/C21H26N4O2/c1-4-5-7-15-8-6-9-18(23-15)17(13-20(26)22-2)14-10-11-16-19(12-14)24-25-21(16)27-3/h6,8-12,17H,4-5,7,13H2,1-3H3,(H,22,26)(H,24,25). The van der Waals surface area contributed by atoms with Crippen LogP contribution in [0.25, 0.3) is 10.9 Å². The molecule has 27 heavy (non-hydrogen) atoms. The Morgan fingerprint density at radius 2 is 2.15 bits per heavy atom. The van der Waals surface area contributed by atoms with Crippen molar-refractivity contribution in [2.45, 2.75) is 38.5 Å². The van der Waals surface area contributed by atoms with Gasteiger partial charge in [0.25, 0.3) is 0 Å². The minimum Gasteiger partial charge on any atom is -0.480 e. The lowest BCUT2D eigenvalue weighted by molar-refractivity contribution is -0.120. The molecule has 0 aliphatic carbocycles. The number of carbonyl (C=O) groups is 1. The second-order valence-electron chi connectivity index (χ2n) is 6.63. The summed E-state index contributed by atoms with van der Waals surface area (Å²) in [6.07, 6.45) is 3.54. The van der Waals surface area contributed by atoms with E-state index in [4.69, 9.17) is 9.72 Å². The molecule has 3 rings (SSSR count). The number of fused-ring (bicyclic) bond motifs is 1. The molecule has 0 aliphatic rings. The third-order valence-electron chi connectivity index (χ3n) is 4.79. The van der Waals surface area contributed by atoms with E-state index >= 15 is 0 Å². The van der Waals surface area contributed by atoms with E-state index in [0.29, 0.717) is 12.3 Å². The summed E-state index contributed by atoms with van der Waals surface area (Å²) in [6.45, 7) is 2.17. The van der Waals surface area contributed by atoms with Gasteiger partial charge in [0.1, 0.15) is 0 Å². The summed E-state index contributed by atoms with van der Waals surface area (Å²) in [5.41, 5.74) is 3.89. The van der Waals surface area contributed by atoms with E-state index in [1.807, 2.05) is 30.3 Å². The zero-order valence-electron chi connectivity index (χ0n) is 16.1. The number of nitrogens with zero attached hydrogens (tertiary/aromatic N) is 2. The predicted octanol–water partition coefficient (Wildman–Crippen LogP) is 3.58. The van der Waals surface area contributed by atoms with Crippen molar-refractivity contribution in [2.75, 3.05) is 14.2 Å². The van der Waals surface area contributed by atoms with Gasteiger partial charge < -0.3 is 10.1 Å². The number of H-pyrrole nitrogens is 1. The van der Waals surface area contributed by atoms with Crippen LogP contribution in [0, 0.1) is 0 Å². The fourth-order valence-electron chi connectivity index (χ4n) is 3.25. The molecule has 3 aromatic rings. The van der Waals surface area contributed by atoms with Crippen molar-refractivity contribution in [1.29, 1.82) is 0 Å². The first-order valence-electron chi connectivity index (χ1n) is 9.34. The van der Waals surface area contributed by atoms with E-state index in [9.17, 15) is 4.79 Å². The molecule has 1 atom stereocenters. The second kappa shape index (κ2) is 8.66. The number of rotatable bonds is 8. The monoisotopic (exact) mass is 366 g/mol. The average molecular weight is 366 g/mol. The van der Waals surface area contributed by atoms with Gasteiger partial charge in [0, 0.05) is 30.8 Å². The third-order valence-corrected chi connectivity index (χ3v) is 4.79. The van der Waals surface area contributed by atoms with Gasteiger partial charge in [-0.2, -0.15) is 0 Å².